The molecule has 0 bridgehead atoms. The van der Waals surface area contributed by atoms with Crippen LogP contribution < -0.4 is 10.6 Å². The molecular formula is C15H18N4O2. The Balaban J connectivity index is 2.31. The molecular weight excluding hydrogens is 268 g/mol. The van der Waals surface area contributed by atoms with Crippen LogP contribution in [-0.4, -0.2) is 21.4 Å². The number of hydrogen-bond donors (Lipinski definition) is 2. The number of aryl methyl sites for hydroxylation is 1. The molecule has 1 atom stereocenters. The summed E-state index contributed by atoms with van der Waals surface area (Å²) >= 11 is 0. The van der Waals surface area contributed by atoms with E-state index in [1.807, 2.05) is 29.9 Å². The zero-order valence-corrected chi connectivity index (χ0v) is 12.3. The highest BCUT2D eigenvalue weighted by Gasteiger charge is 2.19. The Bertz CT molecular complexity index is 646. The summed E-state index contributed by atoms with van der Waals surface area (Å²) in [6.45, 7) is 2.93. The van der Waals surface area contributed by atoms with Crippen LogP contribution in [0.2, 0.25) is 0 Å². The Morgan fingerprint density at radius 1 is 1.14 bits per heavy atom. The summed E-state index contributed by atoms with van der Waals surface area (Å²) in [5, 5.41) is 5.60. The Kier molecular flexibility index (Phi) is 4.37. The molecule has 6 heteroatoms. The van der Waals surface area contributed by atoms with E-state index in [9.17, 15) is 9.59 Å². The summed E-state index contributed by atoms with van der Waals surface area (Å²) in [4.78, 5) is 26.8. The zero-order chi connectivity index (χ0) is 15.4. The highest BCUT2D eigenvalue weighted by Crippen LogP contribution is 2.22. The molecule has 0 fully saturated rings. The lowest BCUT2D eigenvalue weighted by atomic mass is 10.1. The first-order valence-electron chi connectivity index (χ1n) is 6.59. The lowest BCUT2D eigenvalue weighted by Gasteiger charge is -2.18. The molecule has 2 aromatic rings. The number of imidazole rings is 1. The molecule has 0 saturated heterocycles. The van der Waals surface area contributed by atoms with Crippen molar-refractivity contribution in [3.63, 3.8) is 0 Å². The molecule has 6 nitrogen and oxygen atoms in total. The molecule has 1 unspecified atom stereocenters. The summed E-state index contributed by atoms with van der Waals surface area (Å²) in [5.41, 5.74) is 1.61. The molecule has 0 radical (unpaired) electrons. The second kappa shape index (κ2) is 6.21. The van der Waals surface area contributed by atoms with Crippen molar-refractivity contribution in [2.24, 2.45) is 7.05 Å². The number of nitrogens with zero attached hydrogens (tertiary/aromatic N) is 2. The first kappa shape index (κ1) is 14.8. The number of rotatable bonds is 4. The van der Waals surface area contributed by atoms with E-state index in [0.717, 1.165) is 11.4 Å². The van der Waals surface area contributed by atoms with Crippen molar-refractivity contribution in [3.8, 4) is 0 Å². The van der Waals surface area contributed by atoms with Crippen molar-refractivity contribution in [3.05, 3.63) is 48.0 Å². The molecule has 1 aromatic heterocycles. The topological polar surface area (TPSA) is 76.0 Å². The number of carbonyl (C=O) groups is 2. The van der Waals surface area contributed by atoms with Gasteiger partial charge in [-0.15, -0.1) is 0 Å². The second-order valence-corrected chi connectivity index (χ2v) is 4.83. The van der Waals surface area contributed by atoms with Crippen LogP contribution in [0.15, 0.2) is 36.7 Å². The SMILES string of the molecule is CC(=O)Nc1ccc(C(NC(C)=O)c2nccn2C)cc1. The first-order valence-corrected chi connectivity index (χ1v) is 6.59. The van der Waals surface area contributed by atoms with Gasteiger partial charge in [-0.1, -0.05) is 12.1 Å². The van der Waals surface area contributed by atoms with Crippen LogP contribution in [0, 0.1) is 0 Å². The van der Waals surface area contributed by atoms with E-state index in [0.29, 0.717) is 5.69 Å². The smallest absolute Gasteiger partial charge is 0.221 e. The van der Waals surface area contributed by atoms with Gasteiger partial charge in [0.2, 0.25) is 11.8 Å². The Morgan fingerprint density at radius 2 is 1.81 bits per heavy atom. The van der Waals surface area contributed by atoms with Gasteiger partial charge in [-0.3, -0.25) is 9.59 Å². The quantitative estimate of drug-likeness (QED) is 0.896. The molecule has 110 valence electrons. The summed E-state index contributed by atoms with van der Waals surface area (Å²) in [7, 11) is 1.88. The number of hydrogen-bond acceptors (Lipinski definition) is 3. The van der Waals surface area contributed by atoms with Gasteiger partial charge in [-0.2, -0.15) is 0 Å². The third kappa shape index (κ3) is 3.68. The average molecular weight is 286 g/mol. The standard InChI is InChI=1S/C15H18N4O2/c1-10(20)17-13-6-4-12(5-7-13)14(18-11(2)21)15-16-8-9-19(15)3/h4-9,14H,1-3H3,(H,17,20)(H,18,21). The molecule has 0 saturated carbocycles. The number of amides is 2. The predicted octanol–water partition coefficient (Wildman–Crippen LogP) is 1.60. The van der Waals surface area contributed by atoms with Gasteiger partial charge in [0.1, 0.15) is 11.9 Å². The average Bonchev–Trinajstić information content (AvgIpc) is 2.82. The molecule has 21 heavy (non-hydrogen) atoms. The molecule has 2 amide bonds. The normalized spacial score (nSPS) is 11.8. The van der Waals surface area contributed by atoms with E-state index in [2.05, 4.69) is 15.6 Å². The number of anilines is 1. The van der Waals surface area contributed by atoms with Crippen molar-refractivity contribution in [2.75, 3.05) is 5.32 Å². The molecule has 0 aliphatic carbocycles. The Hall–Kier alpha value is -2.63. The minimum atomic E-state index is -0.325. The van der Waals surface area contributed by atoms with E-state index in [1.54, 1.807) is 18.3 Å². The van der Waals surface area contributed by atoms with Crippen LogP contribution in [0.4, 0.5) is 5.69 Å². The first-order chi connectivity index (χ1) is 9.97. The fourth-order valence-corrected chi connectivity index (χ4v) is 2.12. The lowest BCUT2D eigenvalue weighted by Crippen LogP contribution is -2.29. The van der Waals surface area contributed by atoms with Gasteiger partial charge in [-0.05, 0) is 17.7 Å². The van der Waals surface area contributed by atoms with Crippen LogP contribution in [0.3, 0.4) is 0 Å². The number of carbonyl (C=O) groups excluding carboxylic acids is 2. The van der Waals surface area contributed by atoms with Gasteiger partial charge in [-0.25, -0.2) is 4.98 Å². The molecule has 1 heterocycles. The van der Waals surface area contributed by atoms with Crippen molar-refractivity contribution in [2.45, 2.75) is 19.9 Å². The van der Waals surface area contributed by atoms with E-state index in [4.69, 9.17) is 0 Å². The van der Waals surface area contributed by atoms with E-state index >= 15 is 0 Å². The highest BCUT2D eigenvalue weighted by molar-refractivity contribution is 5.88. The van der Waals surface area contributed by atoms with Crippen molar-refractivity contribution >= 4 is 17.5 Å². The molecule has 1 aromatic carbocycles. The maximum atomic E-state index is 11.4. The number of nitrogens with one attached hydrogen (secondary N) is 2. The van der Waals surface area contributed by atoms with Crippen molar-refractivity contribution < 1.29 is 9.59 Å². The van der Waals surface area contributed by atoms with Gasteiger partial charge in [0.25, 0.3) is 0 Å². The van der Waals surface area contributed by atoms with Gasteiger partial charge in [0, 0.05) is 39.0 Å². The van der Waals surface area contributed by atoms with E-state index in [1.165, 1.54) is 13.8 Å². The fraction of sp³-hybridized carbons (Fsp3) is 0.267. The predicted molar refractivity (Wildman–Crippen MR) is 79.6 cm³/mol. The van der Waals surface area contributed by atoms with Crippen molar-refractivity contribution in [1.29, 1.82) is 0 Å². The maximum Gasteiger partial charge on any atom is 0.221 e. The molecule has 0 aliphatic rings. The Labute approximate surface area is 123 Å². The summed E-state index contributed by atoms with van der Waals surface area (Å²) in [6.07, 6.45) is 3.52. The highest BCUT2D eigenvalue weighted by atomic mass is 16.2. The zero-order valence-electron chi connectivity index (χ0n) is 12.3. The van der Waals surface area contributed by atoms with Crippen LogP contribution in [0.1, 0.15) is 31.3 Å². The van der Waals surface area contributed by atoms with E-state index < -0.39 is 0 Å². The van der Waals surface area contributed by atoms with Gasteiger partial charge < -0.3 is 15.2 Å². The molecule has 2 rings (SSSR count). The van der Waals surface area contributed by atoms with Gasteiger partial charge in [0.05, 0.1) is 0 Å². The van der Waals surface area contributed by atoms with Crippen LogP contribution in [0.5, 0.6) is 0 Å². The summed E-state index contributed by atoms with van der Waals surface area (Å²) < 4.78 is 1.86. The number of aromatic nitrogens is 2. The summed E-state index contributed by atoms with van der Waals surface area (Å²) in [5.74, 6) is 0.497. The fourth-order valence-electron chi connectivity index (χ4n) is 2.12. The largest absolute Gasteiger partial charge is 0.342 e. The van der Waals surface area contributed by atoms with Gasteiger partial charge in [0.15, 0.2) is 0 Å². The molecule has 2 N–H and O–H groups in total. The summed E-state index contributed by atoms with van der Waals surface area (Å²) in [6, 6.07) is 7.00. The molecule has 0 aliphatic heterocycles. The van der Waals surface area contributed by atoms with Crippen molar-refractivity contribution in [1.82, 2.24) is 14.9 Å². The second-order valence-electron chi connectivity index (χ2n) is 4.83. The molecule has 0 spiro atoms. The van der Waals surface area contributed by atoms with Crippen LogP contribution in [0.25, 0.3) is 0 Å². The van der Waals surface area contributed by atoms with Crippen LogP contribution in [-0.2, 0) is 16.6 Å². The van der Waals surface area contributed by atoms with E-state index in [-0.39, 0.29) is 17.9 Å². The Morgan fingerprint density at radius 3 is 2.29 bits per heavy atom. The van der Waals surface area contributed by atoms with Crippen LogP contribution >= 0.6 is 0 Å². The minimum Gasteiger partial charge on any atom is -0.342 e. The lowest BCUT2D eigenvalue weighted by molar-refractivity contribution is -0.119. The monoisotopic (exact) mass is 286 g/mol. The third-order valence-electron chi connectivity index (χ3n) is 3.03. The number of benzene rings is 1. The third-order valence-corrected chi connectivity index (χ3v) is 3.03. The maximum absolute atomic E-state index is 11.4. The van der Waals surface area contributed by atoms with Gasteiger partial charge >= 0.3 is 0 Å². The minimum absolute atomic E-state index is 0.120.